The van der Waals surface area contributed by atoms with Crippen molar-refractivity contribution < 1.29 is 13.2 Å². The zero-order valence-electron chi connectivity index (χ0n) is 10.5. The van der Waals surface area contributed by atoms with E-state index in [1.165, 1.54) is 6.26 Å². The van der Waals surface area contributed by atoms with Crippen LogP contribution >= 0.6 is 13.5 Å². The summed E-state index contributed by atoms with van der Waals surface area (Å²) in [7, 11) is -2.97. The second kappa shape index (κ2) is 7.43. The van der Waals surface area contributed by atoms with Gasteiger partial charge in [0.15, 0.2) is 0 Å². The van der Waals surface area contributed by atoms with Crippen molar-refractivity contribution in [3.05, 3.63) is 35.9 Å². The van der Waals surface area contributed by atoms with Crippen LogP contribution in [0, 0.1) is 0 Å². The Hall–Kier alpha value is -1.01. The van der Waals surface area contributed by atoms with Gasteiger partial charge in [0.25, 0.3) is 5.91 Å². The Kier molecular flexibility index (Phi) is 7.01. The molecular formula is C12H19NO3S2. The highest BCUT2D eigenvalue weighted by Gasteiger charge is 2.11. The molecule has 0 aliphatic heterocycles. The molecule has 1 atom stereocenters. The fourth-order valence-electron chi connectivity index (χ4n) is 1.36. The molecule has 0 spiro atoms. The Morgan fingerprint density at radius 2 is 1.83 bits per heavy atom. The van der Waals surface area contributed by atoms with Gasteiger partial charge in [0.1, 0.15) is 9.84 Å². The molecule has 0 aliphatic rings. The lowest BCUT2D eigenvalue weighted by Gasteiger charge is -2.13. The summed E-state index contributed by atoms with van der Waals surface area (Å²) in [4.78, 5) is 11.7. The molecule has 0 saturated carbocycles. The maximum absolute atomic E-state index is 11.7. The number of nitrogens with one attached hydrogen (secondary N) is 1. The van der Waals surface area contributed by atoms with Crippen molar-refractivity contribution in [2.75, 3.05) is 12.0 Å². The molecule has 0 unspecified atom stereocenters. The van der Waals surface area contributed by atoms with Crippen LogP contribution < -0.4 is 5.32 Å². The third-order valence-corrected chi connectivity index (χ3v) is 3.31. The molecule has 1 amide bonds. The summed E-state index contributed by atoms with van der Waals surface area (Å²) in [6.45, 7) is 1.80. The Bertz CT molecular complexity index is 471. The highest BCUT2D eigenvalue weighted by atomic mass is 32.2. The maximum Gasteiger partial charge on any atom is 0.251 e. The highest BCUT2D eigenvalue weighted by Crippen LogP contribution is 2.01. The standard InChI is InChI=1S/C12H17NO3S.H2S/c1-10(8-9-17(2,15)16)13-12(14)11-6-4-3-5-7-11;/h3-7,10H,8-9H2,1-2H3,(H,13,14);1H2/t10-;/m0./s1. The van der Waals surface area contributed by atoms with Gasteiger partial charge in [0, 0.05) is 17.9 Å². The molecule has 0 fully saturated rings. The minimum absolute atomic E-state index is 0. The van der Waals surface area contributed by atoms with E-state index in [0.29, 0.717) is 12.0 Å². The van der Waals surface area contributed by atoms with Gasteiger partial charge >= 0.3 is 0 Å². The SMILES string of the molecule is C[C@@H](CCS(C)(=O)=O)NC(=O)c1ccccc1.S. The van der Waals surface area contributed by atoms with Crippen LogP contribution in [-0.4, -0.2) is 32.4 Å². The van der Waals surface area contributed by atoms with Gasteiger partial charge in [-0.05, 0) is 25.5 Å². The average molecular weight is 289 g/mol. The molecule has 0 bridgehead atoms. The topological polar surface area (TPSA) is 63.2 Å². The minimum atomic E-state index is -2.97. The molecular weight excluding hydrogens is 270 g/mol. The van der Waals surface area contributed by atoms with E-state index in [-0.39, 0.29) is 31.2 Å². The van der Waals surface area contributed by atoms with E-state index in [1.807, 2.05) is 6.07 Å². The van der Waals surface area contributed by atoms with Crippen molar-refractivity contribution in [1.82, 2.24) is 5.32 Å². The van der Waals surface area contributed by atoms with Crippen molar-refractivity contribution in [2.24, 2.45) is 0 Å². The first kappa shape index (κ1) is 17.0. The van der Waals surface area contributed by atoms with E-state index >= 15 is 0 Å². The lowest BCUT2D eigenvalue weighted by atomic mass is 10.2. The second-order valence-corrected chi connectivity index (χ2v) is 6.42. The molecule has 0 aliphatic carbocycles. The molecule has 4 nitrogen and oxygen atoms in total. The Balaban J connectivity index is 0.00000289. The van der Waals surface area contributed by atoms with Gasteiger partial charge in [0.2, 0.25) is 0 Å². The molecule has 0 radical (unpaired) electrons. The predicted octanol–water partition coefficient (Wildman–Crippen LogP) is 1.35. The second-order valence-electron chi connectivity index (χ2n) is 4.16. The molecule has 18 heavy (non-hydrogen) atoms. The van der Waals surface area contributed by atoms with E-state index < -0.39 is 9.84 Å². The fourth-order valence-corrected chi connectivity index (χ4v) is 2.14. The van der Waals surface area contributed by atoms with E-state index in [1.54, 1.807) is 31.2 Å². The van der Waals surface area contributed by atoms with Crippen LogP contribution in [0.1, 0.15) is 23.7 Å². The third-order valence-electron chi connectivity index (χ3n) is 2.34. The zero-order valence-corrected chi connectivity index (χ0v) is 12.3. The van der Waals surface area contributed by atoms with Crippen LogP contribution in [0.3, 0.4) is 0 Å². The summed E-state index contributed by atoms with van der Waals surface area (Å²) in [5, 5.41) is 2.77. The molecule has 0 heterocycles. The van der Waals surface area contributed by atoms with Crippen molar-refractivity contribution >= 4 is 29.2 Å². The fraction of sp³-hybridized carbons (Fsp3) is 0.417. The Morgan fingerprint density at radius 3 is 2.33 bits per heavy atom. The van der Waals surface area contributed by atoms with Gasteiger partial charge in [0.05, 0.1) is 5.75 Å². The summed E-state index contributed by atoms with van der Waals surface area (Å²) < 4.78 is 22.0. The first-order valence-electron chi connectivity index (χ1n) is 5.42. The minimum Gasteiger partial charge on any atom is -0.350 e. The number of carbonyl (C=O) groups is 1. The van der Waals surface area contributed by atoms with E-state index in [2.05, 4.69) is 5.32 Å². The van der Waals surface area contributed by atoms with Crippen LogP contribution in [0.5, 0.6) is 0 Å². The summed E-state index contributed by atoms with van der Waals surface area (Å²) >= 11 is 0. The summed E-state index contributed by atoms with van der Waals surface area (Å²) in [5.74, 6) is -0.0879. The number of benzene rings is 1. The molecule has 6 heteroatoms. The van der Waals surface area contributed by atoms with Crippen molar-refractivity contribution in [3.8, 4) is 0 Å². The smallest absolute Gasteiger partial charge is 0.251 e. The Morgan fingerprint density at radius 1 is 1.28 bits per heavy atom. The van der Waals surface area contributed by atoms with Crippen molar-refractivity contribution in [1.29, 1.82) is 0 Å². The molecule has 1 N–H and O–H groups in total. The maximum atomic E-state index is 11.7. The first-order chi connectivity index (χ1) is 7.88. The Labute approximate surface area is 115 Å². The van der Waals surface area contributed by atoms with Gasteiger partial charge in [-0.15, -0.1) is 0 Å². The number of hydrogen-bond donors (Lipinski definition) is 1. The summed E-state index contributed by atoms with van der Waals surface area (Å²) in [6.07, 6.45) is 1.62. The van der Waals surface area contributed by atoms with E-state index in [0.717, 1.165) is 0 Å². The van der Waals surface area contributed by atoms with Gasteiger partial charge in [-0.1, -0.05) is 18.2 Å². The molecule has 1 rings (SSSR count). The third kappa shape index (κ3) is 6.66. The number of hydrogen-bond acceptors (Lipinski definition) is 3. The lowest BCUT2D eigenvalue weighted by Crippen LogP contribution is -2.33. The van der Waals surface area contributed by atoms with Crippen LogP contribution in [-0.2, 0) is 9.84 Å². The van der Waals surface area contributed by atoms with Crippen molar-refractivity contribution in [3.63, 3.8) is 0 Å². The van der Waals surface area contributed by atoms with Crippen molar-refractivity contribution in [2.45, 2.75) is 19.4 Å². The number of rotatable bonds is 5. The van der Waals surface area contributed by atoms with Gasteiger partial charge in [-0.25, -0.2) is 8.42 Å². The van der Waals surface area contributed by atoms with Gasteiger partial charge in [-0.3, -0.25) is 4.79 Å². The molecule has 1 aromatic carbocycles. The predicted molar refractivity (Wildman–Crippen MR) is 78.1 cm³/mol. The molecule has 0 saturated heterocycles. The average Bonchev–Trinajstić information content (AvgIpc) is 2.27. The number of sulfone groups is 1. The normalized spacial score (nSPS) is 12.3. The number of amides is 1. The zero-order chi connectivity index (χ0) is 12.9. The molecule has 1 aromatic rings. The van der Waals surface area contributed by atoms with Crippen LogP contribution in [0.15, 0.2) is 30.3 Å². The summed E-state index contributed by atoms with van der Waals surface area (Å²) in [6, 6.07) is 8.70. The quantitative estimate of drug-likeness (QED) is 0.890. The monoisotopic (exact) mass is 289 g/mol. The van der Waals surface area contributed by atoms with Gasteiger partial charge in [-0.2, -0.15) is 13.5 Å². The van der Waals surface area contributed by atoms with E-state index in [4.69, 9.17) is 0 Å². The van der Waals surface area contributed by atoms with Crippen LogP contribution in [0.25, 0.3) is 0 Å². The highest BCUT2D eigenvalue weighted by molar-refractivity contribution is 7.90. The summed E-state index contributed by atoms with van der Waals surface area (Å²) in [5.41, 5.74) is 0.582. The lowest BCUT2D eigenvalue weighted by molar-refractivity contribution is 0.0939. The first-order valence-corrected chi connectivity index (χ1v) is 7.48. The largest absolute Gasteiger partial charge is 0.350 e. The van der Waals surface area contributed by atoms with E-state index in [9.17, 15) is 13.2 Å². The molecule has 0 aromatic heterocycles. The van der Waals surface area contributed by atoms with Crippen LogP contribution in [0.2, 0.25) is 0 Å². The number of carbonyl (C=O) groups excluding carboxylic acids is 1. The van der Waals surface area contributed by atoms with Gasteiger partial charge < -0.3 is 5.32 Å². The van der Waals surface area contributed by atoms with Crippen LogP contribution in [0.4, 0.5) is 0 Å². The molecule has 102 valence electrons.